The number of methoxy groups -OCH3 is 1. The van der Waals surface area contributed by atoms with Crippen molar-refractivity contribution in [3.8, 4) is 0 Å². The van der Waals surface area contributed by atoms with Crippen molar-refractivity contribution >= 4 is 12.0 Å². The van der Waals surface area contributed by atoms with E-state index in [-0.39, 0.29) is 6.03 Å². The quantitative estimate of drug-likeness (QED) is 0.829. The topological polar surface area (TPSA) is 70.7 Å². The fourth-order valence-electron chi connectivity index (χ4n) is 3.33. The summed E-state index contributed by atoms with van der Waals surface area (Å²) >= 11 is 0. The molecule has 0 bridgehead atoms. The van der Waals surface area contributed by atoms with Crippen LogP contribution in [0.1, 0.15) is 30.9 Å². The Morgan fingerprint density at radius 3 is 2.58 bits per heavy atom. The van der Waals surface area contributed by atoms with Crippen molar-refractivity contribution < 1.29 is 14.3 Å². The lowest BCUT2D eigenvalue weighted by Crippen LogP contribution is -2.48. The van der Waals surface area contributed by atoms with Crippen LogP contribution in [0, 0.1) is 0 Å². The van der Waals surface area contributed by atoms with E-state index in [0.29, 0.717) is 17.8 Å². The molecule has 0 aromatic heterocycles. The molecule has 2 heterocycles. The second-order valence-electron chi connectivity index (χ2n) is 6.16. The van der Waals surface area contributed by atoms with Crippen molar-refractivity contribution in [1.82, 2.24) is 15.5 Å². The number of hydrogen-bond donors (Lipinski definition) is 2. The number of carbonyl (C=O) groups is 2. The maximum atomic E-state index is 12.4. The Bertz CT molecular complexity index is 636. The Hall–Kier alpha value is -2.34. The third kappa shape index (κ3) is 3.59. The normalized spacial score (nSPS) is 21.9. The van der Waals surface area contributed by atoms with Crippen molar-refractivity contribution in [2.75, 3.05) is 26.7 Å². The molecule has 2 amide bonds. The lowest BCUT2D eigenvalue weighted by Gasteiger charge is -2.33. The molecule has 2 aliphatic heterocycles. The molecule has 0 aliphatic carbocycles. The number of nitrogens with one attached hydrogen (secondary N) is 2. The van der Waals surface area contributed by atoms with Gasteiger partial charge >= 0.3 is 12.0 Å². The number of piperidine rings is 1. The molecule has 1 atom stereocenters. The van der Waals surface area contributed by atoms with Gasteiger partial charge in [0.2, 0.25) is 0 Å². The summed E-state index contributed by atoms with van der Waals surface area (Å²) in [7, 11) is 1.37. The van der Waals surface area contributed by atoms with Gasteiger partial charge in [-0.05, 0) is 31.5 Å². The molecule has 2 aliphatic rings. The monoisotopic (exact) mass is 329 g/mol. The summed E-state index contributed by atoms with van der Waals surface area (Å²) in [6.45, 7) is 2.52. The average Bonchev–Trinajstić information content (AvgIpc) is 2.62. The van der Waals surface area contributed by atoms with Gasteiger partial charge in [-0.2, -0.15) is 0 Å². The Labute approximate surface area is 141 Å². The van der Waals surface area contributed by atoms with Gasteiger partial charge < -0.3 is 15.4 Å². The second kappa shape index (κ2) is 7.49. The van der Waals surface area contributed by atoms with Crippen LogP contribution in [0.25, 0.3) is 0 Å². The van der Waals surface area contributed by atoms with Crippen LogP contribution in [0.5, 0.6) is 0 Å². The molecule has 0 spiro atoms. The Balaban J connectivity index is 1.96. The second-order valence-corrected chi connectivity index (χ2v) is 6.16. The third-order valence-corrected chi connectivity index (χ3v) is 4.52. The molecule has 2 N–H and O–H groups in total. The van der Waals surface area contributed by atoms with Crippen molar-refractivity contribution in [3.63, 3.8) is 0 Å². The summed E-state index contributed by atoms with van der Waals surface area (Å²) in [5.41, 5.74) is 1.99. The van der Waals surface area contributed by atoms with E-state index < -0.39 is 12.0 Å². The van der Waals surface area contributed by atoms with E-state index in [1.807, 2.05) is 30.3 Å². The van der Waals surface area contributed by atoms with Crippen molar-refractivity contribution in [2.24, 2.45) is 0 Å². The minimum Gasteiger partial charge on any atom is -0.466 e. The molecule has 1 unspecified atom stereocenters. The van der Waals surface area contributed by atoms with Crippen molar-refractivity contribution in [3.05, 3.63) is 47.2 Å². The highest BCUT2D eigenvalue weighted by atomic mass is 16.5. The first-order chi connectivity index (χ1) is 11.7. The third-order valence-electron chi connectivity index (χ3n) is 4.52. The molecule has 1 aromatic rings. The van der Waals surface area contributed by atoms with Gasteiger partial charge in [0.1, 0.15) is 0 Å². The van der Waals surface area contributed by atoms with Gasteiger partial charge in [-0.15, -0.1) is 0 Å². The van der Waals surface area contributed by atoms with E-state index in [4.69, 9.17) is 4.74 Å². The van der Waals surface area contributed by atoms with Crippen LogP contribution in [0.2, 0.25) is 0 Å². The number of nitrogens with zero attached hydrogens (tertiary/aromatic N) is 1. The first kappa shape index (κ1) is 16.5. The number of likely N-dealkylation sites (tertiary alicyclic amines) is 1. The Morgan fingerprint density at radius 2 is 1.92 bits per heavy atom. The van der Waals surface area contributed by atoms with Gasteiger partial charge in [-0.3, -0.25) is 4.90 Å². The van der Waals surface area contributed by atoms with Gasteiger partial charge in [0.05, 0.1) is 18.7 Å². The molecule has 6 nitrogen and oxygen atoms in total. The Morgan fingerprint density at radius 1 is 1.21 bits per heavy atom. The van der Waals surface area contributed by atoms with Crippen molar-refractivity contribution in [2.45, 2.75) is 25.3 Å². The average molecular weight is 329 g/mol. The molecular formula is C18H23N3O3. The zero-order valence-electron chi connectivity index (χ0n) is 13.9. The highest BCUT2D eigenvalue weighted by molar-refractivity contribution is 5.95. The van der Waals surface area contributed by atoms with E-state index >= 15 is 0 Å². The van der Waals surface area contributed by atoms with Crippen LogP contribution in [-0.4, -0.2) is 43.6 Å². The minimum atomic E-state index is -0.493. The molecule has 0 saturated carbocycles. The molecule has 0 radical (unpaired) electrons. The number of urea groups is 1. The number of ether oxygens (including phenoxy) is 1. The van der Waals surface area contributed by atoms with Crippen LogP contribution in [0.15, 0.2) is 41.6 Å². The van der Waals surface area contributed by atoms with E-state index in [1.54, 1.807) is 0 Å². The summed E-state index contributed by atoms with van der Waals surface area (Å²) < 4.78 is 4.99. The Kier molecular flexibility index (Phi) is 5.15. The lowest BCUT2D eigenvalue weighted by molar-refractivity contribution is -0.136. The molecule has 1 fully saturated rings. The van der Waals surface area contributed by atoms with Gasteiger partial charge in [-0.25, -0.2) is 9.59 Å². The summed E-state index contributed by atoms with van der Waals surface area (Å²) in [4.78, 5) is 26.8. The zero-order chi connectivity index (χ0) is 16.9. The summed E-state index contributed by atoms with van der Waals surface area (Å²) in [6.07, 6.45) is 3.53. The van der Waals surface area contributed by atoms with E-state index in [0.717, 1.165) is 31.5 Å². The number of amides is 2. The van der Waals surface area contributed by atoms with E-state index in [2.05, 4.69) is 15.5 Å². The highest BCUT2D eigenvalue weighted by Gasteiger charge is 2.34. The first-order valence-corrected chi connectivity index (χ1v) is 8.35. The van der Waals surface area contributed by atoms with E-state index in [9.17, 15) is 9.59 Å². The molecule has 6 heteroatoms. The van der Waals surface area contributed by atoms with Crippen LogP contribution >= 0.6 is 0 Å². The molecular weight excluding hydrogens is 306 g/mol. The van der Waals surface area contributed by atoms with Crippen molar-refractivity contribution in [1.29, 1.82) is 0 Å². The fourth-order valence-corrected chi connectivity index (χ4v) is 3.33. The van der Waals surface area contributed by atoms with Gasteiger partial charge in [0.25, 0.3) is 0 Å². The summed E-state index contributed by atoms with van der Waals surface area (Å²) in [6, 6.07) is 8.71. The maximum Gasteiger partial charge on any atom is 0.338 e. The van der Waals surface area contributed by atoms with Gasteiger partial charge in [-0.1, -0.05) is 36.8 Å². The largest absolute Gasteiger partial charge is 0.466 e. The molecule has 3 rings (SSSR count). The SMILES string of the molecule is COC(=O)C1=C(CN2CCCCC2)NC(=O)NC1c1ccccc1. The molecule has 1 aromatic carbocycles. The standard InChI is InChI=1S/C18H23N3O3/c1-24-17(22)15-14(12-21-10-6-3-7-11-21)19-18(23)20-16(15)13-8-4-2-5-9-13/h2,4-5,8-9,16H,3,6-7,10-12H2,1H3,(H2,19,20,23). The van der Waals surface area contributed by atoms with Crippen LogP contribution < -0.4 is 10.6 Å². The highest BCUT2D eigenvalue weighted by Crippen LogP contribution is 2.28. The fraction of sp³-hybridized carbons (Fsp3) is 0.444. The number of benzene rings is 1. The van der Waals surface area contributed by atoms with Crippen LogP contribution in [-0.2, 0) is 9.53 Å². The van der Waals surface area contributed by atoms with Gasteiger partial charge in [0, 0.05) is 12.2 Å². The zero-order valence-corrected chi connectivity index (χ0v) is 13.9. The maximum absolute atomic E-state index is 12.4. The number of esters is 1. The predicted molar refractivity (Wildman–Crippen MR) is 90.2 cm³/mol. The smallest absolute Gasteiger partial charge is 0.338 e. The van der Waals surface area contributed by atoms with Gasteiger partial charge in [0.15, 0.2) is 0 Å². The predicted octanol–water partition coefficient (Wildman–Crippen LogP) is 1.95. The molecule has 24 heavy (non-hydrogen) atoms. The van der Waals surface area contributed by atoms with Crippen LogP contribution in [0.4, 0.5) is 4.79 Å². The van der Waals surface area contributed by atoms with E-state index in [1.165, 1.54) is 13.5 Å². The van der Waals surface area contributed by atoms with Crippen LogP contribution in [0.3, 0.4) is 0 Å². The number of rotatable bonds is 4. The molecule has 128 valence electrons. The summed E-state index contributed by atoms with van der Waals surface area (Å²) in [5, 5.41) is 5.65. The first-order valence-electron chi connectivity index (χ1n) is 8.35. The number of carbonyl (C=O) groups excluding carboxylic acids is 2. The number of hydrogen-bond acceptors (Lipinski definition) is 4. The lowest BCUT2D eigenvalue weighted by atomic mass is 9.95. The molecule has 1 saturated heterocycles. The minimum absolute atomic E-state index is 0.288. The summed E-state index contributed by atoms with van der Waals surface area (Å²) in [5.74, 6) is -0.414.